The van der Waals surface area contributed by atoms with Crippen LogP contribution in [0.1, 0.15) is 123 Å². The summed E-state index contributed by atoms with van der Waals surface area (Å²) in [6.45, 7) is 13.5. The molecule has 14 nitrogen and oxygen atoms in total. The van der Waals surface area contributed by atoms with Gasteiger partial charge in [-0.15, -0.1) is 23.5 Å². The molecule has 10 atom stereocenters. The van der Waals surface area contributed by atoms with Crippen LogP contribution in [0.3, 0.4) is 0 Å². The summed E-state index contributed by atoms with van der Waals surface area (Å²) in [7, 11) is 1.84. The maximum Gasteiger partial charge on any atom is 0.247 e. The molecule has 0 bridgehead atoms. The molecule has 0 spiro atoms. The summed E-state index contributed by atoms with van der Waals surface area (Å²) >= 11 is 8.99. The molecule has 6 amide bonds. The number of ketones is 1. The molecule has 4 saturated heterocycles. The Morgan fingerprint density at radius 3 is 1.85 bits per heavy atom. The van der Waals surface area contributed by atoms with E-state index in [0.717, 1.165) is 10.6 Å². The minimum Gasteiger partial charge on any atom is -0.344 e. The first-order valence-electron chi connectivity index (χ1n) is 25.1. The molecule has 4 aliphatic rings. The fraction of sp³-hybridized carbons (Fsp3) is 0.564. The van der Waals surface area contributed by atoms with Gasteiger partial charge < -0.3 is 36.4 Å². The van der Waals surface area contributed by atoms with Gasteiger partial charge in [-0.1, -0.05) is 126 Å². The maximum atomic E-state index is 14.4. The molecule has 17 heteroatoms. The average molecular weight is 1040 g/mol. The lowest BCUT2D eigenvalue weighted by molar-refractivity contribution is -0.144. The van der Waals surface area contributed by atoms with Crippen LogP contribution < -0.4 is 26.6 Å². The summed E-state index contributed by atoms with van der Waals surface area (Å²) in [6, 6.07) is 13.4. The Kier molecular flexibility index (Phi) is 19.6. The molecule has 386 valence electrons. The highest BCUT2D eigenvalue weighted by Crippen LogP contribution is 2.48. The maximum absolute atomic E-state index is 14.4. The Balaban J connectivity index is 1.08. The van der Waals surface area contributed by atoms with Crippen LogP contribution in [0.4, 0.5) is 0 Å². The van der Waals surface area contributed by atoms with E-state index in [1.165, 1.54) is 0 Å². The normalized spacial score (nSPS) is 24.7. The molecular formula is C55H71N7O7S3. The van der Waals surface area contributed by atoms with Gasteiger partial charge in [0.15, 0.2) is 5.78 Å². The molecule has 4 fully saturated rings. The van der Waals surface area contributed by atoms with Crippen molar-refractivity contribution in [1.29, 1.82) is 0 Å². The highest BCUT2D eigenvalue weighted by molar-refractivity contribution is 8.00. The smallest absolute Gasteiger partial charge is 0.247 e. The van der Waals surface area contributed by atoms with Gasteiger partial charge >= 0.3 is 0 Å². The van der Waals surface area contributed by atoms with E-state index >= 15 is 0 Å². The number of amides is 6. The van der Waals surface area contributed by atoms with Gasteiger partial charge in [0.2, 0.25) is 35.4 Å². The topological polar surface area (TPSA) is 186 Å². The molecular weight excluding hydrogens is 967 g/mol. The van der Waals surface area contributed by atoms with E-state index in [0.29, 0.717) is 55.4 Å². The van der Waals surface area contributed by atoms with Gasteiger partial charge in [-0.25, -0.2) is 0 Å². The molecule has 0 aromatic heterocycles. The van der Waals surface area contributed by atoms with E-state index in [4.69, 9.17) is 12.2 Å². The van der Waals surface area contributed by atoms with Crippen LogP contribution in [0.15, 0.2) is 60.7 Å². The third kappa shape index (κ3) is 13.5. The lowest BCUT2D eigenvalue weighted by Crippen LogP contribution is -2.57. The van der Waals surface area contributed by atoms with Crippen LogP contribution in [0, 0.1) is 46.3 Å². The zero-order chi connectivity index (χ0) is 52.3. The summed E-state index contributed by atoms with van der Waals surface area (Å²) in [5.41, 5.74) is -0.00768. The predicted molar refractivity (Wildman–Crippen MR) is 288 cm³/mol. The number of thiocarbonyl (C=S) groups is 1. The number of nitrogens with one attached hydrogen (secondary N) is 5. The third-order valence-corrected chi connectivity index (χ3v) is 17.5. The zero-order valence-corrected chi connectivity index (χ0v) is 45.3. The van der Waals surface area contributed by atoms with Crippen molar-refractivity contribution in [2.24, 2.45) is 22.7 Å². The van der Waals surface area contributed by atoms with Crippen molar-refractivity contribution in [2.45, 2.75) is 147 Å². The molecule has 72 heavy (non-hydrogen) atoms. The Bertz CT molecular complexity index is 2300. The number of carbonyl (C=O) groups excluding carboxylic acids is 7. The van der Waals surface area contributed by atoms with Gasteiger partial charge in [0.1, 0.15) is 30.2 Å². The van der Waals surface area contributed by atoms with Crippen LogP contribution in [-0.4, -0.2) is 116 Å². The van der Waals surface area contributed by atoms with Crippen molar-refractivity contribution < 1.29 is 33.6 Å². The summed E-state index contributed by atoms with van der Waals surface area (Å²) in [5.74, 6) is 9.95. The zero-order valence-electron chi connectivity index (χ0n) is 42.8. The van der Waals surface area contributed by atoms with Crippen molar-refractivity contribution in [2.75, 3.05) is 25.1 Å². The second-order valence-corrected chi connectivity index (χ2v) is 23.7. The van der Waals surface area contributed by atoms with E-state index in [9.17, 15) is 33.6 Å². The fourth-order valence-corrected chi connectivity index (χ4v) is 13.6. The lowest BCUT2D eigenvalue weighted by Gasteiger charge is -2.35. The molecule has 0 aliphatic carbocycles. The Morgan fingerprint density at radius 2 is 1.28 bits per heavy atom. The first kappa shape index (κ1) is 56.1. The molecule has 0 radical (unpaired) electrons. The summed E-state index contributed by atoms with van der Waals surface area (Å²) in [4.78, 5) is 102. The molecule has 2 aromatic rings. The molecule has 6 rings (SSSR count). The van der Waals surface area contributed by atoms with E-state index in [1.54, 1.807) is 81.9 Å². The van der Waals surface area contributed by atoms with Crippen molar-refractivity contribution in [1.82, 2.24) is 36.4 Å². The third-order valence-electron chi connectivity index (χ3n) is 14.5. The minimum absolute atomic E-state index is 0.00645. The fourth-order valence-electron chi connectivity index (χ4n) is 10.0. The van der Waals surface area contributed by atoms with Crippen molar-refractivity contribution in [3.05, 3.63) is 71.8 Å². The van der Waals surface area contributed by atoms with Crippen LogP contribution >= 0.6 is 35.7 Å². The van der Waals surface area contributed by atoms with Crippen molar-refractivity contribution >= 4 is 81.8 Å². The molecule has 2 aromatic carbocycles. The summed E-state index contributed by atoms with van der Waals surface area (Å²) in [6.07, 6.45) is 3.59. The number of Topliss-reactive ketones (excluding diaryl/α,β-unsaturated/α-hetero) is 1. The van der Waals surface area contributed by atoms with Crippen LogP contribution in [0.2, 0.25) is 0 Å². The molecule has 4 heterocycles. The van der Waals surface area contributed by atoms with E-state index in [2.05, 4.69) is 50.3 Å². The largest absolute Gasteiger partial charge is 0.344 e. The van der Waals surface area contributed by atoms with Gasteiger partial charge in [-0.05, 0) is 97.8 Å². The summed E-state index contributed by atoms with van der Waals surface area (Å²) < 4.78 is 0. The molecule has 4 aliphatic heterocycles. The van der Waals surface area contributed by atoms with Crippen molar-refractivity contribution in [3.63, 3.8) is 0 Å². The second-order valence-electron chi connectivity index (χ2n) is 20.7. The second kappa shape index (κ2) is 25.2. The molecule has 0 saturated carbocycles. The monoisotopic (exact) mass is 1040 g/mol. The van der Waals surface area contributed by atoms with Gasteiger partial charge in [0, 0.05) is 35.6 Å². The van der Waals surface area contributed by atoms with Crippen LogP contribution in [0.25, 0.3) is 0 Å². The number of carbonyl (C=O) groups is 7. The van der Waals surface area contributed by atoms with E-state index in [1.807, 2.05) is 67.6 Å². The van der Waals surface area contributed by atoms with Crippen LogP contribution in [-0.2, 0) is 33.6 Å². The quantitative estimate of drug-likeness (QED) is 0.0889. The number of nitrogens with zero attached hydrogens (tertiary/aromatic N) is 2. The van der Waals surface area contributed by atoms with E-state index < -0.39 is 58.8 Å². The average Bonchev–Trinajstić information content (AvgIpc) is 3.68. The number of rotatable bonds is 18. The van der Waals surface area contributed by atoms with E-state index in [-0.39, 0.29) is 71.5 Å². The number of fused-ring (bicyclic) bond motifs is 2. The number of hydrogen-bond donors (Lipinski definition) is 5. The summed E-state index contributed by atoms with van der Waals surface area (Å²) in [5, 5.41) is 14.5. The SMILES string of the molecule is CC[C@@H](C)C(=O)N[C@H]1CCS[C@H]2CC(C)(C)[C@@H](C(=O)N[C@H](C(=O)CCC#CC#CCNC(=O)[C@@H](NC(=O)C3N4C(=O)[C@@H](CC(=S)[C@H](C)NC)CCS[C@H]4CC3(C)C)c3ccccc3)c3ccccc3)N2C1=O. The van der Waals surface area contributed by atoms with Crippen LogP contribution in [0.5, 0.6) is 0 Å². The van der Waals surface area contributed by atoms with Gasteiger partial charge in [0.25, 0.3) is 0 Å². The first-order chi connectivity index (χ1) is 34.3. The first-order valence-corrected chi connectivity index (χ1v) is 27.6. The lowest BCUT2D eigenvalue weighted by atomic mass is 9.83. The minimum atomic E-state index is -1.07. The Morgan fingerprint density at radius 1 is 0.750 bits per heavy atom. The standard InChI is InChI=1S/C55H71N7O7S3/c1-9-34(2)48(64)58-39-27-30-72-43-33-55(6,7)47(62(43)53(39)69)50(66)59-44(36-21-15-13-16-22-36)40(63)25-19-11-10-12-20-28-57-49(65)45(37-23-17-14-18-24-37)60-51(67)46-54(4,5)32-42-61(46)52(68)38(26-29-71-42)31-41(70)35(3)56-8/h13-18,21-24,34-35,38-39,42-47,56H,9,19,25-33H2,1-8H3,(H,57,65)(H,58,64)(H,59,66)(H,60,67)/t34-,35+,38-,39+,42+,43+,44+,45+,46?,47-/m1/s1. The van der Waals surface area contributed by atoms with Gasteiger partial charge in [0.05, 0.1) is 17.3 Å². The van der Waals surface area contributed by atoms with Gasteiger partial charge in [-0.3, -0.25) is 33.6 Å². The molecule has 5 N–H and O–H groups in total. The Labute approximate surface area is 439 Å². The molecule has 1 unspecified atom stereocenters. The predicted octanol–water partition coefficient (Wildman–Crippen LogP) is 5.87. The number of thioether (sulfide) groups is 2. The highest BCUT2D eigenvalue weighted by Gasteiger charge is 2.56. The Hall–Kier alpha value is -5.20. The van der Waals surface area contributed by atoms with Gasteiger partial charge in [-0.2, -0.15) is 0 Å². The highest BCUT2D eigenvalue weighted by atomic mass is 32.2. The number of benzene rings is 2. The number of hydrogen-bond acceptors (Lipinski definition) is 11. The van der Waals surface area contributed by atoms with Crippen molar-refractivity contribution in [3.8, 4) is 23.7 Å².